The van der Waals surface area contributed by atoms with Crippen LogP contribution < -0.4 is 10.6 Å². The van der Waals surface area contributed by atoms with Crippen molar-refractivity contribution >= 4 is 39.1 Å². The summed E-state index contributed by atoms with van der Waals surface area (Å²) in [6.07, 6.45) is 3.47. The molecular weight excluding hydrogens is 288 g/mol. The average Bonchev–Trinajstić information content (AvgIpc) is 2.26. The van der Waals surface area contributed by atoms with Crippen molar-refractivity contribution < 1.29 is 0 Å². The Hall–Kier alpha value is -0.750. The van der Waals surface area contributed by atoms with Gasteiger partial charge >= 0.3 is 0 Å². The van der Waals surface area contributed by atoms with Crippen molar-refractivity contribution in [2.75, 3.05) is 18.0 Å². The van der Waals surface area contributed by atoms with E-state index in [0.29, 0.717) is 10.9 Å². The fraction of sp³-hybridized carbons (Fsp3) is 0.500. The molecule has 4 nitrogen and oxygen atoms in total. The molecule has 1 rings (SSSR count). The van der Waals surface area contributed by atoms with Crippen LogP contribution in [0.4, 0.5) is 5.95 Å². The van der Waals surface area contributed by atoms with Gasteiger partial charge in [-0.3, -0.25) is 0 Å². The molecule has 0 fully saturated rings. The molecule has 0 aromatic carbocycles. The highest BCUT2D eigenvalue weighted by atomic mass is 79.9. The summed E-state index contributed by atoms with van der Waals surface area (Å²) in [6, 6.07) is 0. The number of hydrogen-bond donors (Lipinski definition) is 1. The molecular formula is C10H15BrN4S. The first kappa shape index (κ1) is 13.3. The minimum absolute atomic E-state index is 0.155. The summed E-state index contributed by atoms with van der Waals surface area (Å²) in [4.78, 5) is 11.1. The second-order valence-corrected chi connectivity index (χ2v) is 4.93. The Morgan fingerprint density at radius 2 is 2.12 bits per heavy atom. The molecule has 0 aliphatic heterocycles. The van der Waals surface area contributed by atoms with Crippen molar-refractivity contribution in [1.82, 2.24) is 9.97 Å². The third-order valence-electron chi connectivity index (χ3n) is 2.25. The highest BCUT2D eigenvalue weighted by molar-refractivity contribution is 9.10. The van der Waals surface area contributed by atoms with Crippen LogP contribution in [0.25, 0.3) is 0 Å². The van der Waals surface area contributed by atoms with E-state index in [9.17, 15) is 0 Å². The molecule has 6 heteroatoms. The molecule has 0 amide bonds. The highest BCUT2D eigenvalue weighted by Crippen LogP contribution is 2.12. The van der Waals surface area contributed by atoms with Gasteiger partial charge in [-0.15, -0.1) is 0 Å². The molecule has 0 aliphatic carbocycles. The molecule has 1 aromatic rings. The van der Waals surface area contributed by atoms with Crippen LogP contribution >= 0.6 is 28.1 Å². The number of halogens is 1. The first-order valence-corrected chi connectivity index (χ1v) is 6.26. The largest absolute Gasteiger partial charge is 0.393 e. The molecule has 0 bridgehead atoms. The minimum Gasteiger partial charge on any atom is -0.393 e. The van der Waals surface area contributed by atoms with E-state index in [2.05, 4.69) is 37.7 Å². The third-order valence-corrected chi connectivity index (χ3v) is 3.06. The maximum Gasteiger partial charge on any atom is 0.225 e. The number of rotatable bonds is 5. The fourth-order valence-electron chi connectivity index (χ4n) is 1.24. The fourth-order valence-corrected chi connectivity index (χ4v) is 1.52. The lowest BCUT2D eigenvalue weighted by Gasteiger charge is -2.23. The van der Waals surface area contributed by atoms with Crippen LogP contribution in [0.5, 0.6) is 0 Å². The van der Waals surface area contributed by atoms with E-state index in [-0.39, 0.29) is 5.92 Å². The molecule has 1 unspecified atom stereocenters. The quantitative estimate of drug-likeness (QED) is 0.843. The Labute approximate surface area is 109 Å². The lowest BCUT2D eigenvalue weighted by molar-refractivity contribution is 0.690. The van der Waals surface area contributed by atoms with Crippen molar-refractivity contribution in [3.8, 4) is 0 Å². The smallest absolute Gasteiger partial charge is 0.225 e. The summed E-state index contributed by atoms with van der Waals surface area (Å²) in [5.74, 6) is 0.857. The molecule has 0 saturated carbocycles. The van der Waals surface area contributed by atoms with Crippen molar-refractivity contribution in [2.45, 2.75) is 13.8 Å². The zero-order valence-corrected chi connectivity index (χ0v) is 11.8. The van der Waals surface area contributed by atoms with Crippen LogP contribution in [-0.2, 0) is 0 Å². The zero-order chi connectivity index (χ0) is 12.1. The van der Waals surface area contributed by atoms with Gasteiger partial charge in [0.2, 0.25) is 5.95 Å². The number of nitrogens with zero attached hydrogens (tertiary/aromatic N) is 3. The van der Waals surface area contributed by atoms with Gasteiger partial charge in [0.25, 0.3) is 0 Å². The van der Waals surface area contributed by atoms with Crippen molar-refractivity contribution in [3.63, 3.8) is 0 Å². The van der Waals surface area contributed by atoms with Crippen LogP contribution in [-0.4, -0.2) is 28.0 Å². The van der Waals surface area contributed by atoms with Crippen LogP contribution in [0.1, 0.15) is 13.8 Å². The molecule has 88 valence electrons. The number of aromatic nitrogens is 2. The maximum atomic E-state index is 5.60. The van der Waals surface area contributed by atoms with Crippen LogP contribution in [0, 0.1) is 5.92 Å². The first-order chi connectivity index (χ1) is 7.54. The van der Waals surface area contributed by atoms with Gasteiger partial charge in [-0.25, -0.2) is 9.97 Å². The summed E-state index contributed by atoms with van der Waals surface area (Å²) in [7, 11) is 0. The second kappa shape index (κ2) is 6.10. The topological polar surface area (TPSA) is 55.0 Å². The molecule has 0 aliphatic rings. The van der Waals surface area contributed by atoms with Crippen molar-refractivity contribution in [2.24, 2.45) is 11.7 Å². The Balaban J connectivity index is 2.74. The predicted molar refractivity (Wildman–Crippen MR) is 73.6 cm³/mol. The average molecular weight is 303 g/mol. The van der Waals surface area contributed by atoms with Gasteiger partial charge in [-0.05, 0) is 22.9 Å². The van der Waals surface area contributed by atoms with Gasteiger partial charge in [-0.1, -0.05) is 19.1 Å². The molecule has 1 aromatic heterocycles. The molecule has 2 N–H and O–H groups in total. The van der Waals surface area contributed by atoms with Gasteiger partial charge in [0.1, 0.15) is 0 Å². The van der Waals surface area contributed by atoms with Crippen LogP contribution in [0.3, 0.4) is 0 Å². The van der Waals surface area contributed by atoms with Crippen LogP contribution in [0.15, 0.2) is 16.9 Å². The molecule has 1 atom stereocenters. The summed E-state index contributed by atoms with van der Waals surface area (Å²) < 4.78 is 0.870. The Morgan fingerprint density at radius 3 is 2.56 bits per heavy atom. The summed E-state index contributed by atoms with van der Waals surface area (Å²) >= 11 is 8.26. The van der Waals surface area contributed by atoms with E-state index in [1.165, 1.54) is 0 Å². The lowest BCUT2D eigenvalue weighted by Crippen LogP contribution is -2.34. The van der Waals surface area contributed by atoms with Gasteiger partial charge in [-0.2, -0.15) is 0 Å². The Bertz CT molecular complexity index is 354. The second-order valence-electron chi connectivity index (χ2n) is 3.54. The SMILES string of the molecule is CCN(CC(C)C(N)=S)c1ncc(Br)cn1. The summed E-state index contributed by atoms with van der Waals surface area (Å²) in [5.41, 5.74) is 5.60. The van der Waals surface area contributed by atoms with Crippen LogP contribution in [0.2, 0.25) is 0 Å². The highest BCUT2D eigenvalue weighted by Gasteiger charge is 2.13. The zero-order valence-electron chi connectivity index (χ0n) is 9.35. The van der Waals surface area contributed by atoms with E-state index < -0.39 is 0 Å². The lowest BCUT2D eigenvalue weighted by atomic mass is 10.2. The third kappa shape index (κ3) is 3.68. The van der Waals surface area contributed by atoms with Gasteiger partial charge in [0.05, 0.1) is 9.46 Å². The Morgan fingerprint density at radius 1 is 1.56 bits per heavy atom. The monoisotopic (exact) mass is 302 g/mol. The molecule has 0 spiro atoms. The van der Waals surface area contributed by atoms with E-state index in [1.807, 2.05) is 6.92 Å². The first-order valence-electron chi connectivity index (χ1n) is 5.06. The number of thiocarbonyl (C=S) groups is 1. The summed E-state index contributed by atoms with van der Waals surface area (Å²) in [6.45, 7) is 5.63. The minimum atomic E-state index is 0.155. The van der Waals surface area contributed by atoms with Gasteiger partial charge < -0.3 is 10.6 Å². The van der Waals surface area contributed by atoms with Crippen molar-refractivity contribution in [3.05, 3.63) is 16.9 Å². The standard InChI is InChI=1S/C10H15BrN4S/c1-3-15(6-7(2)9(12)16)10-13-4-8(11)5-14-10/h4-5,7H,3,6H2,1-2H3,(H2,12,16). The Kier molecular flexibility index (Phi) is 5.08. The normalized spacial score (nSPS) is 12.2. The summed E-state index contributed by atoms with van der Waals surface area (Å²) in [5, 5.41) is 0. The number of hydrogen-bond acceptors (Lipinski definition) is 4. The molecule has 16 heavy (non-hydrogen) atoms. The predicted octanol–water partition coefficient (Wildman–Crippen LogP) is 1.99. The van der Waals surface area contributed by atoms with Gasteiger partial charge in [0, 0.05) is 31.4 Å². The van der Waals surface area contributed by atoms with E-state index in [4.69, 9.17) is 18.0 Å². The molecule has 0 radical (unpaired) electrons. The van der Waals surface area contributed by atoms with E-state index >= 15 is 0 Å². The maximum absolute atomic E-state index is 5.60. The molecule has 0 saturated heterocycles. The van der Waals surface area contributed by atoms with Crippen molar-refractivity contribution in [1.29, 1.82) is 0 Å². The molecule has 1 heterocycles. The van der Waals surface area contributed by atoms with Gasteiger partial charge in [0.15, 0.2) is 0 Å². The number of nitrogens with two attached hydrogens (primary N) is 1. The number of anilines is 1. The van der Waals surface area contributed by atoms with E-state index in [1.54, 1.807) is 12.4 Å². The van der Waals surface area contributed by atoms with E-state index in [0.717, 1.165) is 17.6 Å².